The summed E-state index contributed by atoms with van der Waals surface area (Å²) in [5, 5.41) is 10.1. The maximum atomic E-state index is 13.5. The Kier molecular flexibility index (Phi) is 5.14. The van der Waals surface area contributed by atoms with Crippen LogP contribution in [0.5, 0.6) is 0 Å². The fraction of sp³-hybridized carbons (Fsp3) is 0.526. The number of nitrogens with one attached hydrogen (secondary N) is 2. The molecule has 1 saturated heterocycles. The number of halogens is 5. The van der Waals surface area contributed by atoms with E-state index in [1.807, 2.05) is 0 Å². The molecule has 2 fully saturated rings. The van der Waals surface area contributed by atoms with Gasteiger partial charge in [-0.1, -0.05) is 0 Å². The van der Waals surface area contributed by atoms with Crippen LogP contribution in [0.2, 0.25) is 0 Å². The number of fused-ring (bicyclic) bond motifs is 2. The Bertz CT molecular complexity index is 1120. The lowest BCUT2D eigenvalue weighted by Gasteiger charge is -2.21. The third-order valence-corrected chi connectivity index (χ3v) is 6.13. The van der Waals surface area contributed by atoms with Gasteiger partial charge in [-0.3, -0.25) is 4.98 Å². The van der Waals surface area contributed by atoms with Gasteiger partial charge in [0.25, 0.3) is 6.43 Å². The van der Waals surface area contributed by atoms with Crippen molar-refractivity contribution in [1.82, 2.24) is 35.0 Å². The molecule has 0 amide bonds. The number of rotatable bonds is 5. The van der Waals surface area contributed by atoms with E-state index in [4.69, 9.17) is 0 Å². The highest BCUT2D eigenvalue weighted by Crippen LogP contribution is 2.50. The minimum absolute atomic E-state index is 0.0786. The maximum Gasteiger partial charge on any atom is 0.435 e. The molecule has 0 radical (unpaired) electrons. The highest BCUT2D eigenvalue weighted by molar-refractivity contribution is 5.71. The van der Waals surface area contributed by atoms with Gasteiger partial charge in [-0.2, -0.15) is 18.3 Å². The van der Waals surface area contributed by atoms with Gasteiger partial charge in [0.05, 0.1) is 36.7 Å². The summed E-state index contributed by atoms with van der Waals surface area (Å²) in [6.07, 6.45) is -0.608. The van der Waals surface area contributed by atoms with Gasteiger partial charge in [-0.15, -0.1) is 0 Å². The van der Waals surface area contributed by atoms with Crippen LogP contribution in [0.3, 0.4) is 0 Å². The second-order valence-corrected chi connectivity index (χ2v) is 8.05. The molecule has 3 aromatic heterocycles. The summed E-state index contributed by atoms with van der Waals surface area (Å²) in [7, 11) is 0. The molecule has 2 aliphatic rings. The molecule has 0 spiro atoms. The standard InChI is InChI=1S/C19H19F5N8/c20-13(21)7-28-14-8-27-12-6-30-32(18(12)31-14)10-3-9-5-29-15(11(9)4-10)16-17(19(22,23)24)26-2-1-25-16/h1-2,6,8-11,13,15,29H,3-5,7H2,(H,28,31)/t9-,10+,11+,15+/m1/s1. The number of alkyl halides is 5. The van der Waals surface area contributed by atoms with E-state index in [1.54, 1.807) is 10.9 Å². The summed E-state index contributed by atoms with van der Waals surface area (Å²) in [4.78, 5) is 16.1. The van der Waals surface area contributed by atoms with Crippen LogP contribution in [0.15, 0.2) is 24.8 Å². The highest BCUT2D eigenvalue weighted by atomic mass is 19.4. The van der Waals surface area contributed by atoms with Crippen molar-refractivity contribution >= 4 is 17.0 Å². The summed E-state index contributed by atoms with van der Waals surface area (Å²) >= 11 is 0. The second-order valence-electron chi connectivity index (χ2n) is 8.05. The molecule has 0 bridgehead atoms. The van der Waals surface area contributed by atoms with E-state index in [1.165, 1.54) is 12.4 Å². The number of hydrogen-bond donors (Lipinski definition) is 2. The maximum absolute atomic E-state index is 13.5. The smallest absolute Gasteiger partial charge is 0.363 e. The summed E-state index contributed by atoms with van der Waals surface area (Å²) in [5.41, 5.74) is -0.0784. The van der Waals surface area contributed by atoms with Crippen molar-refractivity contribution < 1.29 is 22.0 Å². The van der Waals surface area contributed by atoms with Crippen molar-refractivity contribution in [3.63, 3.8) is 0 Å². The lowest BCUT2D eigenvalue weighted by molar-refractivity contribution is -0.142. The Morgan fingerprint density at radius 1 is 1.12 bits per heavy atom. The number of hydrogen-bond acceptors (Lipinski definition) is 7. The molecule has 2 N–H and O–H groups in total. The molecule has 170 valence electrons. The lowest BCUT2D eigenvalue weighted by Crippen LogP contribution is -2.25. The SMILES string of the molecule is FC(F)CNc1cnc2cnn([C@H]3C[C@@H]4CN[C@H](c5nccnc5C(F)(F)F)[C@H]4C3)c2n1. The average molecular weight is 454 g/mol. The molecular weight excluding hydrogens is 435 g/mol. The van der Waals surface area contributed by atoms with Crippen molar-refractivity contribution in [1.29, 1.82) is 0 Å². The third kappa shape index (κ3) is 3.74. The van der Waals surface area contributed by atoms with Crippen LogP contribution in [0.1, 0.15) is 36.3 Å². The summed E-state index contributed by atoms with van der Waals surface area (Å²) in [6, 6.07) is -0.663. The van der Waals surface area contributed by atoms with Gasteiger partial charge in [0.2, 0.25) is 0 Å². The molecule has 32 heavy (non-hydrogen) atoms. The molecule has 1 aliphatic heterocycles. The quantitative estimate of drug-likeness (QED) is 0.572. The van der Waals surface area contributed by atoms with Gasteiger partial charge in [0, 0.05) is 12.4 Å². The van der Waals surface area contributed by atoms with Crippen molar-refractivity contribution in [2.45, 2.75) is 37.5 Å². The largest absolute Gasteiger partial charge is 0.435 e. The van der Waals surface area contributed by atoms with E-state index in [-0.39, 0.29) is 29.4 Å². The fourth-order valence-electron chi connectivity index (χ4n) is 4.85. The van der Waals surface area contributed by atoms with Crippen molar-refractivity contribution in [2.75, 3.05) is 18.4 Å². The van der Waals surface area contributed by atoms with Gasteiger partial charge in [0.15, 0.2) is 11.3 Å². The zero-order valence-electron chi connectivity index (χ0n) is 16.6. The van der Waals surface area contributed by atoms with E-state index >= 15 is 0 Å². The number of nitrogens with zero attached hydrogens (tertiary/aromatic N) is 6. The molecule has 0 unspecified atom stereocenters. The van der Waals surface area contributed by atoms with Crippen LogP contribution in [-0.4, -0.2) is 49.2 Å². The predicted molar refractivity (Wildman–Crippen MR) is 103 cm³/mol. The predicted octanol–water partition coefficient (Wildman–Crippen LogP) is 3.22. The van der Waals surface area contributed by atoms with Crippen LogP contribution in [0, 0.1) is 11.8 Å². The minimum atomic E-state index is -4.59. The Balaban J connectivity index is 1.40. The van der Waals surface area contributed by atoms with E-state index < -0.39 is 30.9 Å². The van der Waals surface area contributed by atoms with Crippen LogP contribution in [0.25, 0.3) is 11.2 Å². The van der Waals surface area contributed by atoms with Crippen molar-refractivity contribution in [3.05, 3.63) is 36.2 Å². The van der Waals surface area contributed by atoms with Crippen LogP contribution in [-0.2, 0) is 6.18 Å². The van der Waals surface area contributed by atoms with Gasteiger partial charge in [0.1, 0.15) is 11.3 Å². The number of aromatic nitrogens is 6. The van der Waals surface area contributed by atoms with Crippen molar-refractivity contribution in [2.24, 2.45) is 11.8 Å². The molecule has 4 atom stereocenters. The van der Waals surface area contributed by atoms with E-state index in [0.29, 0.717) is 30.6 Å². The normalized spacial score (nSPS) is 25.6. The molecule has 1 saturated carbocycles. The fourth-order valence-corrected chi connectivity index (χ4v) is 4.85. The zero-order chi connectivity index (χ0) is 22.5. The number of anilines is 1. The first-order chi connectivity index (χ1) is 15.3. The van der Waals surface area contributed by atoms with E-state index in [9.17, 15) is 22.0 Å². The molecule has 5 rings (SSSR count). The Morgan fingerprint density at radius 2 is 1.94 bits per heavy atom. The first-order valence-corrected chi connectivity index (χ1v) is 10.1. The van der Waals surface area contributed by atoms with Crippen LogP contribution < -0.4 is 10.6 Å². The van der Waals surface area contributed by atoms with Gasteiger partial charge < -0.3 is 10.6 Å². The van der Waals surface area contributed by atoms with Gasteiger partial charge in [-0.25, -0.2) is 28.4 Å². The van der Waals surface area contributed by atoms with Gasteiger partial charge >= 0.3 is 6.18 Å². The minimum Gasteiger partial charge on any atom is -0.363 e. The topological polar surface area (TPSA) is 93.4 Å². The first kappa shape index (κ1) is 20.9. The van der Waals surface area contributed by atoms with E-state index in [2.05, 4.69) is 35.7 Å². The summed E-state index contributed by atoms with van der Waals surface area (Å²) in [6.45, 7) is 0.0146. The molecule has 8 nitrogen and oxygen atoms in total. The Morgan fingerprint density at radius 3 is 2.72 bits per heavy atom. The molecule has 4 heterocycles. The third-order valence-electron chi connectivity index (χ3n) is 6.13. The van der Waals surface area contributed by atoms with Crippen LogP contribution >= 0.6 is 0 Å². The lowest BCUT2D eigenvalue weighted by atomic mass is 9.91. The van der Waals surface area contributed by atoms with Crippen LogP contribution in [0.4, 0.5) is 27.8 Å². The first-order valence-electron chi connectivity index (χ1n) is 10.1. The Hall–Kier alpha value is -2.96. The summed E-state index contributed by atoms with van der Waals surface area (Å²) in [5.74, 6) is 0.275. The zero-order valence-corrected chi connectivity index (χ0v) is 16.6. The average Bonchev–Trinajstić information content (AvgIpc) is 3.44. The van der Waals surface area contributed by atoms with E-state index in [0.717, 1.165) is 6.20 Å². The highest BCUT2D eigenvalue weighted by Gasteiger charge is 2.48. The monoisotopic (exact) mass is 454 g/mol. The van der Waals surface area contributed by atoms with Crippen molar-refractivity contribution in [3.8, 4) is 0 Å². The second kappa shape index (κ2) is 7.87. The van der Waals surface area contributed by atoms with Gasteiger partial charge in [-0.05, 0) is 31.2 Å². The molecular formula is C19H19F5N8. The molecule has 0 aromatic carbocycles. The molecule has 13 heteroatoms. The molecule has 1 aliphatic carbocycles. The molecule has 3 aromatic rings. The Labute approximate surface area is 178 Å². The summed E-state index contributed by atoms with van der Waals surface area (Å²) < 4.78 is 67.1.